The van der Waals surface area contributed by atoms with Crippen LogP contribution < -0.4 is 0 Å². The highest BCUT2D eigenvalue weighted by atomic mass is 32.1. The molecule has 8 heteroatoms. The van der Waals surface area contributed by atoms with Gasteiger partial charge in [0.25, 0.3) is 5.95 Å². The summed E-state index contributed by atoms with van der Waals surface area (Å²) in [6.45, 7) is 9.84. The first-order valence-corrected chi connectivity index (χ1v) is 11.6. The first kappa shape index (κ1) is 21.6. The van der Waals surface area contributed by atoms with Crippen LogP contribution in [0.5, 0.6) is 0 Å². The van der Waals surface area contributed by atoms with E-state index in [0.717, 1.165) is 47.8 Å². The number of amides is 1. The molecule has 0 radical (unpaired) electrons. The van der Waals surface area contributed by atoms with Gasteiger partial charge in [-0.1, -0.05) is 6.07 Å². The van der Waals surface area contributed by atoms with Crippen LogP contribution in [-0.2, 0) is 22.5 Å². The summed E-state index contributed by atoms with van der Waals surface area (Å²) in [6, 6.07) is 6.04. The number of thiophene rings is 1. The fourth-order valence-electron chi connectivity index (χ4n) is 4.07. The van der Waals surface area contributed by atoms with Crippen molar-refractivity contribution in [1.82, 2.24) is 24.6 Å². The molecule has 0 aromatic carbocycles. The fraction of sp³-hybridized carbons (Fsp3) is 0.478. The number of hydrogen-bond donors (Lipinski definition) is 0. The molecular weight excluding hydrogens is 410 g/mol. The van der Waals surface area contributed by atoms with E-state index in [9.17, 15) is 4.79 Å². The van der Waals surface area contributed by atoms with Crippen molar-refractivity contribution in [2.45, 2.75) is 59.6 Å². The van der Waals surface area contributed by atoms with E-state index >= 15 is 0 Å². The van der Waals surface area contributed by atoms with Crippen molar-refractivity contribution in [3.63, 3.8) is 0 Å². The Morgan fingerprint density at radius 2 is 2.03 bits per heavy atom. The second-order valence-corrected chi connectivity index (χ2v) is 9.21. The lowest BCUT2D eigenvalue weighted by Crippen LogP contribution is -2.37. The summed E-state index contributed by atoms with van der Waals surface area (Å²) in [4.78, 5) is 25.6. The van der Waals surface area contributed by atoms with Crippen molar-refractivity contribution in [1.29, 1.82) is 0 Å². The van der Waals surface area contributed by atoms with Crippen molar-refractivity contribution in [2.75, 3.05) is 13.2 Å². The van der Waals surface area contributed by atoms with E-state index in [0.29, 0.717) is 25.5 Å². The van der Waals surface area contributed by atoms with E-state index in [2.05, 4.69) is 21.1 Å². The minimum Gasteiger partial charge on any atom is -0.376 e. The predicted molar refractivity (Wildman–Crippen MR) is 121 cm³/mol. The molecule has 4 heterocycles. The highest BCUT2D eigenvalue weighted by Gasteiger charge is 2.25. The summed E-state index contributed by atoms with van der Waals surface area (Å²) in [7, 11) is 0. The van der Waals surface area contributed by atoms with Crippen molar-refractivity contribution in [2.24, 2.45) is 0 Å². The minimum absolute atomic E-state index is 0.0935. The molecule has 1 unspecified atom stereocenters. The highest BCUT2D eigenvalue weighted by molar-refractivity contribution is 7.09. The number of rotatable bonds is 7. The average Bonchev–Trinajstić information content (AvgIpc) is 3.46. The lowest BCUT2D eigenvalue weighted by Gasteiger charge is -2.25. The molecule has 0 aliphatic carbocycles. The molecule has 1 aliphatic rings. The van der Waals surface area contributed by atoms with Crippen molar-refractivity contribution in [3.05, 3.63) is 56.8 Å². The summed E-state index contributed by atoms with van der Waals surface area (Å²) in [6.07, 6.45) is 2.50. The van der Waals surface area contributed by atoms with Gasteiger partial charge in [0.05, 0.1) is 24.8 Å². The van der Waals surface area contributed by atoms with Gasteiger partial charge in [0.15, 0.2) is 0 Å². The molecule has 1 fully saturated rings. The maximum atomic E-state index is 13.4. The number of ether oxygens (including phenoxy) is 1. The Kier molecular flexibility index (Phi) is 6.48. The zero-order chi connectivity index (χ0) is 22.0. The molecule has 0 spiro atoms. The van der Waals surface area contributed by atoms with Gasteiger partial charge in [-0.25, -0.2) is 14.6 Å². The monoisotopic (exact) mass is 439 g/mol. The van der Waals surface area contributed by atoms with Gasteiger partial charge in [-0.15, -0.1) is 11.3 Å². The van der Waals surface area contributed by atoms with Gasteiger partial charge in [-0.05, 0) is 58.0 Å². The van der Waals surface area contributed by atoms with Crippen molar-refractivity contribution in [3.8, 4) is 5.95 Å². The molecule has 3 aromatic heterocycles. The largest absolute Gasteiger partial charge is 0.376 e. The molecule has 0 N–H and O–H groups in total. The molecule has 1 amide bonds. The minimum atomic E-state index is 0.0935. The van der Waals surface area contributed by atoms with Gasteiger partial charge in [-0.3, -0.25) is 4.79 Å². The highest BCUT2D eigenvalue weighted by Crippen LogP contribution is 2.21. The number of aryl methyl sites for hydroxylation is 3. The summed E-state index contributed by atoms with van der Waals surface area (Å²) in [5.74, 6) is 0.641. The fourth-order valence-corrected chi connectivity index (χ4v) is 4.79. The standard InChI is InChI=1S/C23H29N5O2S/c1-15-11-16(2)25-23(24-15)28-18(4)21(17(3)26-28)12-22(29)27(13-19-7-5-9-30-19)14-20-8-6-10-31-20/h6,8,10-11,19H,5,7,9,12-14H2,1-4H3. The van der Waals surface area contributed by atoms with Crippen LogP contribution in [-0.4, -0.2) is 49.8 Å². The molecule has 0 saturated carbocycles. The van der Waals surface area contributed by atoms with Gasteiger partial charge in [0.1, 0.15) is 0 Å². The second kappa shape index (κ2) is 9.28. The van der Waals surface area contributed by atoms with Gasteiger partial charge in [0, 0.05) is 40.7 Å². The van der Waals surface area contributed by atoms with E-state index in [-0.39, 0.29) is 12.0 Å². The van der Waals surface area contributed by atoms with Crippen LogP contribution >= 0.6 is 11.3 Å². The number of aromatic nitrogens is 4. The zero-order valence-corrected chi connectivity index (χ0v) is 19.4. The molecule has 1 atom stereocenters. The number of carbonyl (C=O) groups is 1. The molecule has 0 bridgehead atoms. The zero-order valence-electron chi connectivity index (χ0n) is 18.6. The van der Waals surface area contributed by atoms with Gasteiger partial charge < -0.3 is 9.64 Å². The Hall–Kier alpha value is -2.58. The van der Waals surface area contributed by atoms with Crippen LogP contribution in [0.3, 0.4) is 0 Å². The maximum absolute atomic E-state index is 13.4. The summed E-state index contributed by atoms with van der Waals surface area (Å²) < 4.78 is 7.56. The van der Waals surface area contributed by atoms with Gasteiger partial charge >= 0.3 is 0 Å². The molecule has 1 saturated heterocycles. The third-order valence-corrected chi connectivity index (χ3v) is 6.52. The maximum Gasteiger partial charge on any atom is 0.251 e. The van der Waals surface area contributed by atoms with Crippen LogP contribution in [0.4, 0.5) is 0 Å². The summed E-state index contributed by atoms with van der Waals surface area (Å²) in [5, 5.41) is 6.70. The predicted octanol–water partition coefficient (Wildman–Crippen LogP) is 3.71. The lowest BCUT2D eigenvalue weighted by molar-refractivity contribution is -0.132. The van der Waals surface area contributed by atoms with Crippen LogP contribution in [0.2, 0.25) is 0 Å². The third kappa shape index (κ3) is 5.02. The van der Waals surface area contributed by atoms with Gasteiger partial charge in [-0.2, -0.15) is 5.10 Å². The Morgan fingerprint density at radius 3 is 2.68 bits per heavy atom. The summed E-state index contributed by atoms with van der Waals surface area (Å²) >= 11 is 1.68. The summed E-state index contributed by atoms with van der Waals surface area (Å²) in [5.41, 5.74) is 4.47. The topological polar surface area (TPSA) is 73.1 Å². The Labute approximate surface area is 187 Å². The Morgan fingerprint density at radius 1 is 1.26 bits per heavy atom. The van der Waals surface area contributed by atoms with Gasteiger partial charge in [0.2, 0.25) is 5.91 Å². The van der Waals surface area contributed by atoms with Crippen LogP contribution in [0.15, 0.2) is 23.6 Å². The van der Waals surface area contributed by atoms with E-state index in [1.807, 2.05) is 50.1 Å². The first-order valence-electron chi connectivity index (χ1n) is 10.7. The van der Waals surface area contributed by atoms with E-state index in [1.165, 1.54) is 4.88 Å². The average molecular weight is 440 g/mol. The third-order valence-electron chi connectivity index (χ3n) is 5.66. The Bertz CT molecular complexity index is 1030. The quantitative estimate of drug-likeness (QED) is 0.561. The molecule has 3 aromatic rings. The van der Waals surface area contributed by atoms with E-state index < -0.39 is 0 Å². The Balaban J connectivity index is 1.57. The smallest absolute Gasteiger partial charge is 0.251 e. The number of carbonyl (C=O) groups excluding carboxylic acids is 1. The SMILES string of the molecule is Cc1cc(C)nc(-n2nc(C)c(CC(=O)N(Cc3cccs3)CC3CCCO3)c2C)n1. The second-order valence-electron chi connectivity index (χ2n) is 8.18. The van der Waals surface area contributed by atoms with Crippen molar-refractivity contribution >= 4 is 17.2 Å². The number of nitrogens with zero attached hydrogens (tertiary/aromatic N) is 5. The van der Waals surface area contributed by atoms with Crippen molar-refractivity contribution < 1.29 is 9.53 Å². The van der Waals surface area contributed by atoms with Crippen LogP contribution in [0, 0.1) is 27.7 Å². The molecular formula is C23H29N5O2S. The van der Waals surface area contributed by atoms with Crippen LogP contribution in [0.1, 0.15) is 46.1 Å². The lowest BCUT2D eigenvalue weighted by atomic mass is 10.1. The molecule has 7 nitrogen and oxygen atoms in total. The molecule has 164 valence electrons. The number of hydrogen-bond acceptors (Lipinski definition) is 6. The molecule has 4 rings (SSSR count). The van der Waals surface area contributed by atoms with Crippen LogP contribution in [0.25, 0.3) is 5.95 Å². The van der Waals surface area contributed by atoms with E-state index in [4.69, 9.17) is 4.74 Å². The molecule has 31 heavy (non-hydrogen) atoms. The normalized spacial score (nSPS) is 16.1. The molecule has 1 aliphatic heterocycles. The first-order chi connectivity index (χ1) is 14.9. The van der Waals surface area contributed by atoms with E-state index in [1.54, 1.807) is 16.0 Å².